The van der Waals surface area contributed by atoms with E-state index in [4.69, 9.17) is 4.74 Å². The van der Waals surface area contributed by atoms with Crippen molar-refractivity contribution in [3.05, 3.63) is 48.6 Å². The molecule has 0 aliphatic carbocycles. The Hall–Kier alpha value is -2.18. The van der Waals surface area contributed by atoms with Gasteiger partial charge in [0.15, 0.2) is 0 Å². The van der Waals surface area contributed by atoms with Gasteiger partial charge in [-0.25, -0.2) is 0 Å². The van der Waals surface area contributed by atoms with Crippen LogP contribution in [0.2, 0.25) is 0 Å². The summed E-state index contributed by atoms with van der Waals surface area (Å²) in [5, 5.41) is 23.2. The third kappa shape index (κ3) is 64.8. The molecule has 2 atom stereocenters. The number of ether oxygens (including phenoxy) is 1. The van der Waals surface area contributed by atoms with E-state index in [1.807, 2.05) is 6.08 Å². The molecule has 2 unspecified atom stereocenters. The summed E-state index contributed by atoms with van der Waals surface area (Å²) in [5.41, 5.74) is 0. The number of carbonyl (C=O) groups is 2. The molecule has 6 nitrogen and oxygen atoms in total. The third-order valence-electron chi connectivity index (χ3n) is 16.3. The molecule has 6 heteroatoms. The maximum atomic E-state index is 12.5. The molecule has 3 N–H and O–H groups in total. The molecule has 79 heavy (non-hydrogen) atoms. The lowest BCUT2D eigenvalue weighted by atomic mass is 10.0. The van der Waals surface area contributed by atoms with Gasteiger partial charge >= 0.3 is 5.97 Å². The van der Waals surface area contributed by atoms with Crippen molar-refractivity contribution in [2.24, 2.45) is 0 Å². The largest absolute Gasteiger partial charge is 0.466 e. The normalized spacial score (nSPS) is 12.8. The zero-order valence-corrected chi connectivity index (χ0v) is 53.1. The number of carbonyl (C=O) groups excluding carboxylic acids is 2. The Bertz CT molecular complexity index is 1320. The van der Waals surface area contributed by atoms with Gasteiger partial charge in [-0.1, -0.05) is 326 Å². The minimum Gasteiger partial charge on any atom is -0.466 e. The second-order valence-electron chi connectivity index (χ2n) is 24.2. The predicted molar refractivity (Wildman–Crippen MR) is 347 cm³/mol. The van der Waals surface area contributed by atoms with E-state index >= 15 is 0 Å². The number of esters is 1. The van der Waals surface area contributed by atoms with Gasteiger partial charge in [0.25, 0.3) is 0 Å². The smallest absolute Gasteiger partial charge is 0.305 e. The Morgan fingerprint density at radius 2 is 0.633 bits per heavy atom. The van der Waals surface area contributed by atoms with Gasteiger partial charge in [-0.3, -0.25) is 9.59 Å². The quantitative estimate of drug-likeness (QED) is 0.0320. The van der Waals surface area contributed by atoms with Gasteiger partial charge in [0.1, 0.15) is 0 Å². The van der Waals surface area contributed by atoms with Gasteiger partial charge in [-0.15, -0.1) is 0 Å². The fourth-order valence-corrected chi connectivity index (χ4v) is 10.9. The summed E-state index contributed by atoms with van der Waals surface area (Å²) in [5.74, 6) is -0.0637. The van der Waals surface area contributed by atoms with Crippen LogP contribution in [0.4, 0.5) is 0 Å². The van der Waals surface area contributed by atoms with E-state index in [0.29, 0.717) is 19.4 Å². The Labute approximate surface area is 493 Å². The first-order chi connectivity index (χ1) is 39.0. The molecular formula is C73H137NO5. The summed E-state index contributed by atoms with van der Waals surface area (Å²) in [7, 11) is 0. The average Bonchev–Trinajstić information content (AvgIpc) is 3.45. The lowest BCUT2D eigenvalue weighted by Gasteiger charge is -2.20. The zero-order chi connectivity index (χ0) is 57.1. The van der Waals surface area contributed by atoms with Gasteiger partial charge in [0.2, 0.25) is 5.91 Å². The van der Waals surface area contributed by atoms with Crippen molar-refractivity contribution in [1.82, 2.24) is 5.32 Å². The topological polar surface area (TPSA) is 95.9 Å². The fourth-order valence-electron chi connectivity index (χ4n) is 10.9. The van der Waals surface area contributed by atoms with Crippen molar-refractivity contribution in [1.29, 1.82) is 0 Å². The van der Waals surface area contributed by atoms with Gasteiger partial charge in [-0.05, 0) is 89.9 Å². The lowest BCUT2D eigenvalue weighted by Crippen LogP contribution is -2.45. The van der Waals surface area contributed by atoms with Gasteiger partial charge < -0.3 is 20.3 Å². The highest BCUT2D eigenvalue weighted by atomic mass is 16.5. The summed E-state index contributed by atoms with van der Waals surface area (Å²) in [4.78, 5) is 24.6. The van der Waals surface area contributed by atoms with Crippen molar-refractivity contribution in [2.75, 3.05) is 13.2 Å². The Kier molecular flexibility index (Phi) is 66.4. The summed E-state index contributed by atoms with van der Waals surface area (Å²) >= 11 is 0. The fraction of sp³-hybridized carbons (Fsp3) is 0.863. The number of allylic oxidation sites excluding steroid dienone is 7. The van der Waals surface area contributed by atoms with E-state index in [1.54, 1.807) is 6.08 Å². The highest BCUT2D eigenvalue weighted by Crippen LogP contribution is 2.18. The summed E-state index contributed by atoms with van der Waals surface area (Å²) in [6, 6.07) is -0.629. The Morgan fingerprint density at radius 3 is 1.00 bits per heavy atom. The number of rotatable bonds is 66. The molecule has 0 aromatic heterocycles. The van der Waals surface area contributed by atoms with E-state index in [9.17, 15) is 19.8 Å². The molecule has 0 spiro atoms. The molecule has 0 rings (SSSR count). The second kappa shape index (κ2) is 68.3. The highest BCUT2D eigenvalue weighted by molar-refractivity contribution is 5.76. The van der Waals surface area contributed by atoms with E-state index in [-0.39, 0.29) is 18.5 Å². The summed E-state index contributed by atoms with van der Waals surface area (Å²) in [6.45, 7) is 4.90. The first-order valence-corrected chi connectivity index (χ1v) is 35.4. The van der Waals surface area contributed by atoms with E-state index < -0.39 is 12.1 Å². The van der Waals surface area contributed by atoms with Gasteiger partial charge in [0.05, 0.1) is 25.4 Å². The molecule has 0 aliphatic heterocycles. The van der Waals surface area contributed by atoms with Gasteiger partial charge in [-0.2, -0.15) is 0 Å². The molecule has 0 aliphatic rings. The molecule has 0 saturated carbocycles. The lowest BCUT2D eigenvalue weighted by molar-refractivity contribution is -0.143. The zero-order valence-electron chi connectivity index (χ0n) is 53.1. The third-order valence-corrected chi connectivity index (χ3v) is 16.3. The predicted octanol–water partition coefficient (Wildman–Crippen LogP) is 22.9. The summed E-state index contributed by atoms with van der Waals surface area (Å²) in [6.07, 6.45) is 89.0. The SMILES string of the molecule is CCCCC/C=C\C/C=C\CCCCCCCC(=O)OCCCCCCCCCCCCCC/C=C\CCCCCCCCCCCCCCC(=O)NC(CO)C(O)/C=C/CCCCCCCCCCCCCCCCCCC. The van der Waals surface area contributed by atoms with Crippen LogP contribution in [0.5, 0.6) is 0 Å². The Balaban J connectivity index is 3.41. The number of hydrogen-bond donors (Lipinski definition) is 3. The molecule has 0 saturated heterocycles. The van der Waals surface area contributed by atoms with Crippen LogP contribution in [0.25, 0.3) is 0 Å². The minimum absolute atomic E-state index is 0.00155. The number of amides is 1. The molecule has 0 radical (unpaired) electrons. The maximum Gasteiger partial charge on any atom is 0.305 e. The average molecular weight is 1110 g/mol. The first-order valence-electron chi connectivity index (χ1n) is 35.4. The number of nitrogens with one attached hydrogen (secondary N) is 1. The van der Waals surface area contributed by atoms with Crippen molar-refractivity contribution in [2.45, 2.75) is 392 Å². The van der Waals surface area contributed by atoms with Crippen LogP contribution in [0.3, 0.4) is 0 Å². The summed E-state index contributed by atoms with van der Waals surface area (Å²) < 4.78 is 5.48. The molecule has 0 fully saturated rings. The van der Waals surface area contributed by atoms with Crippen molar-refractivity contribution in [3.63, 3.8) is 0 Å². The van der Waals surface area contributed by atoms with Crippen LogP contribution in [0.15, 0.2) is 48.6 Å². The van der Waals surface area contributed by atoms with Crippen LogP contribution >= 0.6 is 0 Å². The highest BCUT2D eigenvalue weighted by Gasteiger charge is 2.18. The van der Waals surface area contributed by atoms with Crippen LogP contribution in [-0.2, 0) is 14.3 Å². The molecular weight excluding hydrogens is 971 g/mol. The molecule has 0 bridgehead atoms. The molecule has 0 heterocycles. The molecule has 464 valence electrons. The number of unbranched alkanes of at least 4 members (excludes halogenated alkanes) is 49. The molecule has 0 aromatic rings. The molecule has 1 amide bonds. The van der Waals surface area contributed by atoms with Crippen LogP contribution in [0, 0.1) is 0 Å². The first kappa shape index (κ1) is 76.8. The van der Waals surface area contributed by atoms with Gasteiger partial charge in [0, 0.05) is 12.8 Å². The maximum absolute atomic E-state index is 12.5. The second-order valence-corrected chi connectivity index (χ2v) is 24.2. The standard InChI is InChI=1S/C73H137NO5/c1-3-5-7-9-11-13-15-17-19-20-31-34-38-41-45-49-53-57-61-65-71(76)70(69-75)74-72(77)66-62-58-54-50-46-42-39-35-32-29-27-25-23-21-22-24-26-28-30-33-36-40-44-48-52-56-60-64-68-79-73(78)67-63-59-55-51-47-43-37-18-16-14-12-10-8-6-4-2/h12,14,18,21-22,37,61,65,70-71,75-76H,3-11,13,15-17,19-20,23-36,38-60,62-64,66-69H2,1-2H3,(H,74,77)/b14-12-,22-21-,37-18-,65-61+. The molecule has 0 aromatic carbocycles. The van der Waals surface area contributed by atoms with Crippen LogP contribution < -0.4 is 5.32 Å². The van der Waals surface area contributed by atoms with E-state index in [1.165, 1.54) is 302 Å². The number of hydrogen-bond acceptors (Lipinski definition) is 5. The number of aliphatic hydroxyl groups is 2. The van der Waals surface area contributed by atoms with Crippen molar-refractivity contribution < 1.29 is 24.5 Å². The van der Waals surface area contributed by atoms with Crippen LogP contribution in [-0.4, -0.2) is 47.4 Å². The monoisotopic (exact) mass is 1110 g/mol. The van der Waals surface area contributed by atoms with Crippen molar-refractivity contribution >= 4 is 11.9 Å². The minimum atomic E-state index is -0.846. The van der Waals surface area contributed by atoms with Crippen LogP contribution in [0.1, 0.15) is 380 Å². The van der Waals surface area contributed by atoms with Crippen molar-refractivity contribution in [3.8, 4) is 0 Å². The van der Waals surface area contributed by atoms with E-state index in [2.05, 4.69) is 55.6 Å². The number of aliphatic hydroxyl groups excluding tert-OH is 2. The Morgan fingerprint density at radius 1 is 0.354 bits per heavy atom. The van der Waals surface area contributed by atoms with E-state index in [0.717, 1.165) is 51.4 Å².